The monoisotopic (exact) mass is 196 g/mol. The van der Waals surface area contributed by atoms with E-state index in [9.17, 15) is 14.0 Å². The third-order valence-electron chi connectivity index (χ3n) is 1.84. The van der Waals surface area contributed by atoms with Gasteiger partial charge >= 0.3 is 0 Å². The van der Waals surface area contributed by atoms with E-state index in [2.05, 4.69) is 0 Å². The van der Waals surface area contributed by atoms with Gasteiger partial charge in [0, 0.05) is 11.6 Å². The molecule has 4 heteroatoms. The molecule has 0 fully saturated rings. The van der Waals surface area contributed by atoms with Crippen LogP contribution >= 0.6 is 0 Å². The summed E-state index contributed by atoms with van der Waals surface area (Å²) in [4.78, 5) is 21.6. The number of halogens is 1. The molecule has 1 aromatic carbocycles. The van der Waals surface area contributed by atoms with E-state index in [1.165, 1.54) is 20.1 Å². The molecule has 0 unspecified atom stereocenters. The molecular formula is C10H9FO3. The van der Waals surface area contributed by atoms with Crippen LogP contribution in [0.25, 0.3) is 0 Å². The first-order valence-electron chi connectivity index (χ1n) is 3.93. The molecule has 14 heavy (non-hydrogen) atoms. The summed E-state index contributed by atoms with van der Waals surface area (Å²) < 4.78 is 18.0. The van der Waals surface area contributed by atoms with Gasteiger partial charge in [-0.3, -0.25) is 9.59 Å². The average Bonchev–Trinajstić information content (AvgIpc) is 2.16. The molecule has 1 aromatic rings. The number of carbonyl (C=O) groups excluding carboxylic acids is 2. The zero-order chi connectivity index (χ0) is 10.7. The fourth-order valence-electron chi connectivity index (χ4n) is 1.12. The van der Waals surface area contributed by atoms with Gasteiger partial charge in [0.05, 0.1) is 12.7 Å². The highest BCUT2D eigenvalue weighted by Gasteiger charge is 2.13. The van der Waals surface area contributed by atoms with Gasteiger partial charge in [-0.05, 0) is 13.0 Å². The van der Waals surface area contributed by atoms with Crippen LogP contribution in [0.4, 0.5) is 4.39 Å². The van der Waals surface area contributed by atoms with Crippen LogP contribution < -0.4 is 4.74 Å². The third-order valence-corrected chi connectivity index (χ3v) is 1.84. The molecule has 3 nitrogen and oxygen atoms in total. The van der Waals surface area contributed by atoms with E-state index in [4.69, 9.17) is 4.74 Å². The van der Waals surface area contributed by atoms with Crippen molar-refractivity contribution in [3.63, 3.8) is 0 Å². The molecule has 0 atom stereocenters. The second-order valence-electron chi connectivity index (χ2n) is 2.74. The fourth-order valence-corrected chi connectivity index (χ4v) is 1.12. The Labute approximate surface area is 80.5 Å². The Hall–Kier alpha value is -1.71. The van der Waals surface area contributed by atoms with Crippen molar-refractivity contribution in [2.75, 3.05) is 7.11 Å². The molecule has 0 radical (unpaired) electrons. The quantitative estimate of drug-likeness (QED) is 0.547. The summed E-state index contributed by atoms with van der Waals surface area (Å²) >= 11 is 0. The van der Waals surface area contributed by atoms with Crippen molar-refractivity contribution in [1.29, 1.82) is 0 Å². The summed E-state index contributed by atoms with van der Waals surface area (Å²) in [6, 6.07) is 2.41. The highest BCUT2D eigenvalue weighted by atomic mass is 19.1. The first kappa shape index (κ1) is 10.4. The fraction of sp³-hybridized carbons (Fsp3) is 0.200. The van der Waals surface area contributed by atoms with Gasteiger partial charge in [-0.2, -0.15) is 0 Å². The maximum Gasteiger partial charge on any atom is 0.160 e. The Morgan fingerprint density at radius 2 is 2.14 bits per heavy atom. The third kappa shape index (κ3) is 1.79. The molecule has 0 saturated heterocycles. The van der Waals surface area contributed by atoms with E-state index < -0.39 is 5.82 Å². The van der Waals surface area contributed by atoms with E-state index in [0.717, 1.165) is 6.07 Å². The largest absolute Gasteiger partial charge is 0.497 e. The van der Waals surface area contributed by atoms with E-state index in [0.29, 0.717) is 6.29 Å². The number of carbonyl (C=O) groups is 2. The summed E-state index contributed by atoms with van der Waals surface area (Å²) in [6.07, 6.45) is 0.325. The molecule has 0 spiro atoms. The lowest BCUT2D eigenvalue weighted by Crippen LogP contribution is -2.02. The molecule has 1 rings (SSSR count). The van der Waals surface area contributed by atoms with Crippen LogP contribution in [0.3, 0.4) is 0 Å². The number of ether oxygens (including phenoxy) is 1. The Morgan fingerprint density at radius 1 is 1.50 bits per heavy atom. The highest BCUT2D eigenvalue weighted by Crippen LogP contribution is 2.20. The lowest BCUT2D eigenvalue weighted by atomic mass is 10.0. The van der Waals surface area contributed by atoms with Gasteiger partial charge in [0.2, 0.25) is 0 Å². The zero-order valence-electron chi connectivity index (χ0n) is 7.83. The summed E-state index contributed by atoms with van der Waals surface area (Å²) in [5.74, 6) is -0.896. The van der Waals surface area contributed by atoms with E-state index in [1.807, 2.05) is 0 Å². The van der Waals surface area contributed by atoms with Crippen molar-refractivity contribution >= 4 is 12.1 Å². The molecule has 74 valence electrons. The molecule has 0 bridgehead atoms. The molecule has 0 saturated carbocycles. The van der Waals surface area contributed by atoms with Gasteiger partial charge in [-0.1, -0.05) is 0 Å². The van der Waals surface area contributed by atoms with Crippen molar-refractivity contribution in [2.45, 2.75) is 6.92 Å². The summed E-state index contributed by atoms with van der Waals surface area (Å²) in [5.41, 5.74) is -0.185. The lowest BCUT2D eigenvalue weighted by Gasteiger charge is -2.05. The standard InChI is InChI=1S/C10H9FO3/c1-6(13)8-3-7(14-2)4-10(11)9(8)5-12/h3-5H,1-2H3. The molecule has 0 amide bonds. The van der Waals surface area contributed by atoms with E-state index in [-0.39, 0.29) is 22.7 Å². The van der Waals surface area contributed by atoms with Crippen LogP contribution in [-0.4, -0.2) is 19.2 Å². The van der Waals surface area contributed by atoms with Gasteiger partial charge in [0.1, 0.15) is 11.6 Å². The van der Waals surface area contributed by atoms with E-state index >= 15 is 0 Å². The zero-order valence-corrected chi connectivity index (χ0v) is 7.83. The Balaban J connectivity index is 3.43. The van der Waals surface area contributed by atoms with Gasteiger partial charge in [0.25, 0.3) is 0 Å². The molecule has 0 aliphatic rings. The normalized spacial score (nSPS) is 9.64. The van der Waals surface area contributed by atoms with Crippen molar-refractivity contribution in [1.82, 2.24) is 0 Å². The average molecular weight is 196 g/mol. The maximum atomic E-state index is 13.2. The van der Waals surface area contributed by atoms with Crippen molar-refractivity contribution in [3.05, 3.63) is 29.1 Å². The number of methoxy groups -OCH3 is 1. The second-order valence-corrected chi connectivity index (χ2v) is 2.74. The molecule has 0 N–H and O–H groups in total. The van der Waals surface area contributed by atoms with Gasteiger partial charge < -0.3 is 4.74 Å². The van der Waals surface area contributed by atoms with Crippen LogP contribution in [0.1, 0.15) is 27.6 Å². The number of Topliss-reactive ketones (excluding diaryl/α,β-unsaturated/α-hetero) is 1. The molecule has 0 aliphatic carbocycles. The maximum absolute atomic E-state index is 13.2. The van der Waals surface area contributed by atoms with E-state index in [1.54, 1.807) is 0 Å². The lowest BCUT2D eigenvalue weighted by molar-refractivity contribution is 0.100. The van der Waals surface area contributed by atoms with Crippen LogP contribution in [0, 0.1) is 5.82 Å². The minimum absolute atomic E-state index is 0.0388. The smallest absolute Gasteiger partial charge is 0.160 e. The predicted octanol–water partition coefficient (Wildman–Crippen LogP) is 1.85. The summed E-state index contributed by atoms with van der Waals surface area (Å²) in [6.45, 7) is 1.27. The Kier molecular flexibility index (Phi) is 2.96. The second kappa shape index (κ2) is 4.00. The summed E-state index contributed by atoms with van der Waals surface area (Å²) in [7, 11) is 1.36. The first-order chi connectivity index (χ1) is 6.60. The SMILES string of the molecule is COc1cc(F)c(C=O)c(C(C)=O)c1. The minimum Gasteiger partial charge on any atom is -0.497 e. The molecule has 0 aliphatic heterocycles. The minimum atomic E-state index is -0.746. The molecule has 0 heterocycles. The van der Waals surface area contributed by atoms with Crippen LogP contribution in [0.5, 0.6) is 5.75 Å². The van der Waals surface area contributed by atoms with Gasteiger partial charge in [-0.25, -0.2) is 4.39 Å². The van der Waals surface area contributed by atoms with Crippen LogP contribution in [0.2, 0.25) is 0 Å². The number of ketones is 1. The van der Waals surface area contributed by atoms with Gasteiger partial charge in [-0.15, -0.1) is 0 Å². The van der Waals surface area contributed by atoms with Crippen molar-refractivity contribution < 1.29 is 18.7 Å². The number of hydrogen-bond donors (Lipinski definition) is 0. The van der Waals surface area contributed by atoms with Crippen LogP contribution in [-0.2, 0) is 0 Å². The van der Waals surface area contributed by atoms with Crippen LogP contribution in [0.15, 0.2) is 12.1 Å². The topological polar surface area (TPSA) is 43.4 Å². The predicted molar refractivity (Wildman–Crippen MR) is 48.3 cm³/mol. The Bertz CT molecular complexity index is 385. The first-order valence-corrected chi connectivity index (χ1v) is 3.93. The summed E-state index contributed by atoms with van der Waals surface area (Å²) in [5, 5.41) is 0. The van der Waals surface area contributed by atoms with Crippen molar-refractivity contribution in [3.8, 4) is 5.75 Å². The number of benzene rings is 1. The number of rotatable bonds is 3. The molecular weight excluding hydrogens is 187 g/mol. The number of aldehydes is 1. The number of hydrogen-bond acceptors (Lipinski definition) is 3. The highest BCUT2D eigenvalue weighted by molar-refractivity contribution is 6.01. The van der Waals surface area contributed by atoms with Crippen molar-refractivity contribution in [2.24, 2.45) is 0 Å². The molecule has 0 aromatic heterocycles. The Morgan fingerprint density at radius 3 is 2.57 bits per heavy atom. The van der Waals surface area contributed by atoms with Gasteiger partial charge in [0.15, 0.2) is 12.1 Å².